The summed E-state index contributed by atoms with van der Waals surface area (Å²) in [7, 11) is 0. The highest BCUT2D eigenvalue weighted by atomic mass is 32.1. The Labute approximate surface area is 138 Å². The molecule has 4 rings (SSSR count). The molecule has 0 radical (unpaired) electrons. The normalized spacial score (nSPS) is 16.6. The van der Waals surface area contributed by atoms with Crippen molar-refractivity contribution >= 4 is 17.2 Å². The fourth-order valence-corrected chi connectivity index (χ4v) is 3.69. The number of hydrogen-bond donors (Lipinski definition) is 0. The molecule has 23 heavy (non-hydrogen) atoms. The van der Waals surface area contributed by atoms with E-state index in [0.29, 0.717) is 49.1 Å². The fraction of sp³-hybridized carbons (Fsp3) is 0.500. The van der Waals surface area contributed by atoms with Gasteiger partial charge < -0.3 is 18.8 Å². The number of hydrogen-bond acceptors (Lipinski definition) is 6. The van der Waals surface area contributed by atoms with Crippen LogP contribution in [0, 0.1) is 0 Å². The topological polar surface area (TPSA) is 64.8 Å². The molecule has 4 heterocycles. The lowest BCUT2D eigenvalue weighted by Crippen LogP contribution is -2.35. The summed E-state index contributed by atoms with van der Waals surface area (Å²) in [4.78, 5) is 19.8. The molecule has 2 aromatic rings. The number of ether oxygens (including phenoxy) is 2. The molecule has 0 saturated heterocycles. The maximum atomic E-state index is 12.8. The van der Waals surface area contributed by atoms with Crippen molar-refractivity contribution in [2.75, 3.05) is 19.8 Å². The fourth-order valence-electron chi connectivity index (χ4n) is 2.79. The summed E-state index contributed by atoms with van der Waals surface area (Å²) < 4.78 is 16.9. The first-order valence-corrected chi connectivity index (χ1v) is 8.66. The second-order valence-electron chi connectivity index (χ2n) is 6.01. The number of carbonyl (C=O) groups is 1. The van der Waals surface area contributed by atoms with Gasteiger partial charge in [-0.2, -0.15) is 0 Å². The summed E-state index contributed by atoms with van der Waals surface area (Å²) in [5.41, 5.74) is 0.871. The molecule has 6 nitrogen and oxygen atoms in total. The highest BCUT2D eigenvalue weighted by Crippen LogP contribution is 2.40. The van der Waals surface area contributed by atoms with Crippen molar-refractivity contribution < 1.29 is 18.7 Å². The molecule has 0 bridgehead atoms. The number of amides is 1. The first-order chi connectivity index (χ1) is 11.1. The Morgan fingerprint density at radius 3 is 3.00 bits per heavy atom. The van der Waals surface area contributed by atoms with Crippen LogP contribution in [0.4, 0.5) is 0 Å². The van der Waals surface area contributed by atoms with Gasteiger partial charge in [0.15, 0.2) is 17.4 Å². The smallest absolute Gasteiger partial charge is 0.268 e. The largest absolute Gasteiger partial charge is 0.485 e. The molecule has 2 aliphatic rings. The Kier molecular flexibility index (Phi) is 3.52. The van der Waals surface area contributed by atoms with E-state index in [0.717, 1.165) is 17.3 Å². The maximum Gasteiger partial charge on any atom is 0.268 e. The molecule has 0 spiro atoms. The molecule has 1 amide bonds. The van der Waals surface area contributed by atoms with Gasteiger partial charge in [0.05, 0.1) is 6.54 Å². The van der Waals surface area contributed by atoms with Crippen LogP contribution in [0.5, 0.6) is 11.5 Å². The van der Waals surface area contributed by atoms with Crippen LogP contribution < -0.4 is 9.47 Å². The number of oxazole rings is 1. The van der Waals surface area contributed by atoms with E-state index in [9.17, 15) is 4.79 Å². The molecule has 0 aliphatic carbocycles. The first-order valence-electron chi connectivity index (χ1n) is 7.78. The minimum atomic E-state index is -0.0264. The number of nitrogens with zero attached hydrogens (tertiary/aromatic N) is 2. The van der Waals surface area contributed by atoms with E-state index in [1.54, 1.807) is 4.90 Å². The summed E-state index contributed by atoms with van der Waals surface area (Å²) in [6.07, 6.45) is 0.700. The summed E-state index contributed by atoms with van der Waals surface area (Å²) in [5, 5.41) is 1.84. The van der Waals surface area contributed by atoms with Crippen molar-refractivity contribution in [2.24, 2.45) is 0 Å². The van der Waals surface area contributed by atoms with Gasteiger partial charge in [0.25, 0.3) is 5.91 Å². The van der Waals surface area contributed by atoms with Crippen molar-refractivity contribution in [2.45, 2.75) is 32.7 Å². The first kappa shape index (κ1) is 14.6. The van der Waals surface area contributed by atoms with Gasteiger partial charge >= 0.3 is 0 Å². The van der Waals surface area contributed by atoms with Crippen LogP contribution in [-0.2, 0) is 13.0 Å². The predicted molar refractivity (Wildman–Crippen MR) is 84.3 cm³/mol. The number of aromatic nitrogens is 1. The van der Waals surface area contributed by atoms with E-state index in [2.05, 4.69) is 18.8 Å². The molecule has 0 aromatic carbocycles. The van der Waals surface area contributed by atoms with Gasteiger partial charge in [-0.25, -0.2) is 4.98 Å². The van der Waals surface area contributed by atoms with Gasteiger partial charge in [-0.3, -0.25) is 4.79 Å². The van der Waals surface area contributed by atoms with Crippen LogP contribution in [0.1, 0.15) is 46.8 Å². The maximum absolute atomic E-state index is 12.8. The number of rotatable bonds is 2. The Morgan fingerprint density at radius 2 is 2.17 bits per heavy atom. The summed E-state index contributed by atoms with van der Waals surface area (Å²) >= 11 is 1.37. The molecule has 0 saturated carbocycles. The van der Waals surface area contributed by atoms with Gasteiger partial charge in [0.1, 0.15) is 29.5 Å². The average Bonchev–Trinajstić information content (AvgIpc) is 3.17. The molecule has 0 atom stereocenters. The van der Waals surface area contributed by atoms with Gasteiger partial charge in [-0.15, -0.1) is 11.3 Å². The zero-order valence-electron chi connectivity index (χ0n) is 13.1. The van der Waals surface area contributed by atoms with Crippen molar-refractivity contribution in [3.05, 3.63) is 27.6 Å². The van der Waals surface area contributed by atoms with Gasteiger partial charge in [-0.1, -0.05) is 13.8 Å². The van der Waals surface area contributed by atoms with E-state index in [4.69, 9.17) is 13.9 Å². The van der Waals surface area contributed by atoms with Crippen LogP contribution in [0.3, 0.4) is 0 Å². The predicted octanol–water partition coefficient (Wildman–Crippen LogP) is 2.83. The van der Waals surface area contributed by atoms with Crippen molar-refractivity contribution in [1.29, 1.82) is 0 Å². The number of fused-ring (bicyclic) bond motifs is 2. The zero-order valence-corrected chi connectivity index (χ0v) is 13.9. The van der Waals surface area contributed by atoms with E-state index >= 15 is 0 Å². The summed E-state index contributed by atoms with van der Waals surface area (Å²) in [6, 6.07) is 0. The minimum absolute atomic E-state index is 0.0264. The average molecular weight is 334 g/mol. The van der Waals surface area contributed by atoms with Crippen LogP contribution in [0.2, 0.25) is 0 Å². The molecule has 0 fully saturated rings. The van der Waals surface area contributed by atoms with Crippen molar-refractivity contribution in [3.8, 4) is 11.5 Å². The standard InChI is InChI=1S/C16H18N2O4S/c1-9(2)15-17-10-7-18(4-3-11(10)22-15)16(19)14-13-12(8-23-14)20-5-6-21-13/h8-9H,3-7H2,1-2H3. The third kappa shape index (κ3) is 2.49. The molecule has 122 valence electrons. The van der Waals surface area contributed by atoms with Gasteiger partial charge in [0, 0.05) is 24.3 Å². The lowest BCUT2D eigenvalue weighted by atomic mass is 10.1. The summed E-state index contributed by atoms with van der Waals surface area (Å²) in [6.45, 7) is 6.23. The molecule has 2 aromatic heterocycles. The highest BCUT2D eigenvalue weighted by Gasteiger charge is 2.31. The molecule has 0 unspecified atom stereocenters. The Hall–Kier alpha value is -2.02. The molecule has 2 aliphatic heterocycles. The van der Waals surface area contributed by atoms with Gasteiger partial charge in [-0.05, 0) is 0 Å². The van der Waals surface area contributed by atoms with Crippen LogP contribution in [0.25, 0.3) is 0 Å². The van der Waals surface area contributed by atoms with Crippen LogP contribution in [0.15, 0.2) is 9.80 Å². The lowest BCUT2D eigenvalue weighted by Gasteiger charge is -2.25. The molecular weight excluding hydrogens is 316 g/mol. The van der Waals surface area contributed by atoms with E-state index in [1.165, 1.54) is 11.3 Å². The number of carbonyl (C=O) groups excluding carboxylic acids is 1. The minimum Gasteiger partial charge on any atom is -0.485 e. The third-order valence-corrected chi connectivity index (χ3v) is 4.95. The Morgan fingerprint density at radius 1 is 1.35 bits per heavy atom. The summed E-state index contributed by atoms with van der Waals surface area (Å²) in [5.74, 6) is 3.13. The molecular formula is C16H18N2O4S. The van der Waals surface area contributed by atoms with Crippen molar-refractivity contribution in [3.63, 3.8) is 0 Å². The SMILES string of the molecule is CC(C)c1nc2c(o1)CCN(C(=O)c1scc3c1OCCO3)C2. The Balaban J connectivity index is 1.57. The van der Waals surface area contributed by atoms with E-state index in [1.807, 2.05) is 5.38 Å². The molecule has 7 heteroatoms. The Bertz CT molecular complexity index is 749. The van der Waals surface area contributed by atoms with E-state index < -0.39 is 0 Å². The quantitative estimate of drug-likeness (QED) is 0.845. The van der Waals surface area contributed by atoms with E-state index in [-0.39, 0.29) is 11.8 Å². The second kappa shape index (κ2) is 5.56. The zero-order chi connectivity index (χ0) is 16.0. The van der Waals surface area contributed by atoms with Crippen LogP contribution >= 0.6 is 11.3 Å². The number of thiophene rings is 1. The lowest BCUT2D eigenvalue weighted by molar-refractivity contribution is 0.0724. The van der Waals surface area contributed by atoms with Crippen LogP contribution in [-0.4, -0.2) is 35.5 Å². The highest BCUT2D eigenvalue weighted by molar-refractivity contribution is 7.12. The second-order valence-corrected chi connectivity index (χ2v) is 6.89. The third-order valence-electron chi connectivity index (χ3n) is 4.02. The van der Waals surface area contributed by atoms with Crippen molar-refractivity contribution in [1.82, 2.24) is 9.88 Å². The molecule has 0 N–H and O–H groups in total. The van der Waals surface area contributed by atoms with Gasteiger partial charge in [0.2, 0.25) is 0 Å². The monoisotopic (exact) mass is 334 g/mol.